The molecular formula is C22H22O3. The Morgan fingerprint density at radius 3 is 1.80 bits per heavy atom. The van der Waals surface area contributed by atoms with Crippen molar-refractivity contribution in [3.63, 3.8) is 0 Å². The third kappa shape index (κ3) is 3.31. The molecule has 3 aromatic carbocycles. The van der Waals surface area contributed by atoms with E-state index in [0.717, 1.165) is 11.1 Å². The summed E-state index contributed by atoms with van der Waals surface area (Å²) in [5.74, 6) is 1.91. The van der Waals surface area contributed by atoms with Crippen molar-refractivity contribution in [2.45, 2.75) is 6.92 Å². The van der Waals surface area contributed by atoms with E-state index in [1.165, 1.54) is 16.7 Å². The van der Waals surface area contributed by atoms with E-state index in [0.29, 0.717) is 17.2 Å². The molecule has 25 heavy (non-hydrogen) atoms. The van der Waals surface area contributed by atoms with Crippen molar-refractivity contribution >= 4 is 0 Å². The molecule has 0 fully saturated rings. The number of methoxy groups -OCH3 is 3. The van der Waals surface area contributed by atoms with E-state index < -0.39 is 0 Å². The molecule has 0 radical (unpaired) electrons. The lowest BCUT2D eigenvalue weighted by Crippen LogP contribution is -1.96. The van der Waals surface area contributed by atoms with Crippen molar-refractivity contribution in [1.82, 2.24) is 0 Å². The fourth-order valence-corrected chi connectivity index (χ4v) is 2.98. The molecule has 0 unspecified atom stereocenters. The maximum absolute atomic E-state index is 5.49. The topological polar surface area (TPSA) is 27.7 Å². The second kappa shape index (κ2) is 7.31. The van der Waals surface area contributed by atoms with Gasteiger partial charge in [0.15, 0.2) is 11.5 Å². The molecule has 0 spiro atoms. The highest BCUT2D eigenvalue weighted by Crippen LogP contribution is 2.42. The fourth-order valence-electron chi connectivity index (χ4n) is 2.98. The van der Waals surface area contributed by atoms with Gasteiger partial charge in [-0.2, -0.15) is 0 Å². The Bertz CT molecular complexity index is 845. The van der Waals surface area contributed by atoms with E-state index >= 15 is 0 Å². The Kier molecular flexibility index (Phi) is 4.94. The predicted octanol–water partition coefficient (Wildman–Crippen LogP) is 5.35. The van der Waals surface area contributed by atoms with Crippen molar-refractivity contribution in [2.24, 2.45) is 0 Å². The molecule has 3 aromatic rings. The first-order valence-electron chi connectivity index (χ1n) is 8.14. The summed E-state index contributed by atoms with van der Waals surface area (Å²) in [6.07, 6.45) is 0. The van der Waals surface area contributed by atoms with Gasteiger partial charge >= 0.3 is 0 Å². The number of rotatable bonds is 5. The highest BCUT2D eigenvalue weighted by atomic mass is 16.5. The minimum Gasteiger partial charge on any atom is -0.493 e. The summed E-state index contributed by atoms with van der Waals surface area (Å²) in [6.45, 7) is 2.10. The Hall–Kier alpha value is -2.94. The molecule has 0 aromatic heterocycles. The van der Waals surface area contributed by atoms with Crippen LogP contribution < -0.4 is 14.2 Å². The molecule has 0 aliphatic rings. The van der Waals surface area contributed by atoms with E-state index in [-0.39, 0.29) is 0 Å². The Morgan fingerprint density at radius 2 is 1.24 bits per heavy atom. The summed E-state index contributed by atoms with van der Waals surface area (Å²) in [4.78, 5) is 0. The first kappa shape index (κ1) is 16.9. The zero-order valence-corrected chi connectivity index (χ0v) is 15.0. The van der Waals surface area contributed by atoms with E-state index in [9.17, 15) is 0 Å². The monoisotopic (exact) mass is 334 g/mol. The second-order valence-electron chi connectivity index (χ2n) is 5.81. The summed E-state index contributed by atoms with van der Waals surface area (Å²) >= 11 is 0. The molecular weight excluding hydrogens is 312 g/mol. The van der Waals surface area contributed by atoms with Crippen molar-refractivity contribution in [2.75, 3.05) is 21.3 Å². The zero-order valence-electron chi connectivity index (χ0n) is 15.0. The summed E-state index contributed by atoms with van der Waals surface area (Å²) < 4.78 is 16.4. The minimum atomic E-state index is 0.602. The summed E-state index contributed by atoms with van der Waals surface area (Å²) in [5, 5.41) is 0. The van der Waals surface area contributed by atoms with Crippen LogP contribution in [0.3, 0.4) is 0 Å². The number of aryl methyl sites for hydroxylation is 1. The smallest absolute Gasteiger partial charge is 0.203 e. The Balaban J connectivity index is 2.16. The summed E-state index contributed by atoms with van der Waals surface area (Å²) in [7, 11) is 4.88. The van der Waals surface area contributed by atoms with Crippen LogP contribution in [0.2, 0.25) is 0 Å². The van der Waals surface area contributed by atoms with Gasteiger partial charge in [0.1, 0.15) is 0 Å². The molecule has 0 bridgehead atoms. The third-order valence-electron chi connectivity index (χ3n) is 4.32. The highest BCUT2D eigenvalue weighted by molar-refractivity contribution is 5.78. The molecule has 0 amide bonds. The van der Waals surface area contributed by atoms with Crippen LogP contribution in [-0.2, 0) is 0 Å². The SMILES string of the molecule is COc1cc(-c2cc(-c3ccccc3)ccc2C)cc(OC)c1OC. The average Bonchev–Trinajstić information content (AvgIpc) is 2.67. The zero-order chi connectivity index (χ0) is 17.8. The van der Waals surface area contributed by atoms with Gasteiger partial charge in [0.25, 0.3) is 0 Å². The molecule has 128 valence electrons. The van der Waals surface area contributed by atoms with Gasteiger partial charge in [0.05, 0.1) is 21.3 Å². The maximum Gasteiger partial charge on any atom is 0.203 e. The first-order valence-corrected chi connectivity index (χ1v) is 8.14. The number of benzene rings is 3. The van der Waals surface area contributed by atoms with Gasteiger partial charge in [0.2, 0.25) is 5.75 Å². The van der Waals surface area contributed by atoms with E-state index in [1.54, 1.807) is 21.3 Å². The Labute approximate surface area is 148 Å². The van der Waals surface area contributed by atoms with Gasteiger partial charge < -0.3 is 14.2 Å². The standard InChI is InChI=1S/C22H22O3/c1-15-10-11-17(16-8-6-5-7-9-16)12-19(15)18-13-20(23-2)22(25-4)21(14-18)24-3/h5-14H,1-4H3. The summed E-state index contributed by atoms with van der Waals surface area (Å²) in [5.41, 5.74) is 5.73. The molecule has 3 rings (SSSR count). The molecule has 0 heterocycles. The molecule has 3 heteroatoms. The predicted molar refractivity (Wildman–Crippen MR) is 102 cm³/mol. The Morgan fingerprint density at radius 1 is 0.600 bits per heavy atom. The van der Waals surface area contributed by atoms with E-state index in [1.807, 2.05) is 30.3 Å². The molecule has 0 aliphatic heterocycles. The summed E-state index contributed by atoms with van der Waals surface area (Å²) in [6, 6.07) is 20.8. The second-order valence-corrected chi connectivity index (χ2v) is 5.81. The molecule has 0 aliphatic carbocycles. The van der Waals surface area contributed by atoms with E-state index in [4.69, 9.17) is 14.2 Å². The van der Waals surface area contributed by atoms with Crippen molar-refractivity contribution < 1.29 is 14.2 Å². The normalized spacial score (nSPS) is 10.4. The van der Waals surface area contributed by atoms with Crippen LogP contribution in [0.25, 0.3) is 22.3 Å². The van der Waals surface area contributed by atoms with Crippen LogP contribution in [0.1, 0.15) is 5.56 Å². The van der Waals surface area contributed by atoms with Crippen molar-refractivity contribution in [1.29, 1.82) is 0 Å². The lowest BCUT2D eigenvalue weighted by atomic mass is 9.95. The lowest BCUT2D eigenvalue weighted by molar-refractivity contribution is 0.324. The molecule has 0 N–H and O–H groups in total. The largest absolute Gasteiger partial charge is 0.493 e. The van der Waals surface area contributed by atoms with Crippen LogP contribution in [0.4, 0.5) is 0 Å². The van der Waals surface area contributed by atoms with Gasteiger partial charge in [-0.25, -0.2) is 0 Å². The van der Waals surface area contributed by atoms with E-state index in [2.05, 4.69) is 37.3 Å². The van der Waals surface area contributed by atoms with Gasteiger partial charge in [0, 0.05) is 0 Å². The van der Waals surface area contributed by atoms with Gasteiger partial charge in [-0.05, 0) is 52.9 Å². The third-order valence-corrected chi connectivity index (χ3v) is 4.32. The van der Waals surface area contributed by atoms with Crippen molar-refractivity contribution in [3.8, 4) is 39.5 Å². The van der Waals surface area contributed by atoms with Gasteiger partial charge in [-0.1, -0.05) is 42.5 Å². The molecule has 0 saturated heterocycles. The first-order chi connectivity index (χ1) is 12.2. The fraction of sp³-hybridized carbons (Fsp3) is 0.182. The minimum absolute atomic E-state index is 0.602. The van der Waals surface area contributed by atoms with Crippen LogP contribution in [0, 0.1) is 6.92 Å². The average molecular weight is 334 g/mol. The molecule has 0 saturated carbocycles. The van der Waals surface area contributed by atoms with Crippen LogP contribution in [-0.4, -0.2) is 21.3 Å². The maximum atomic E-state index is 5.49. The lowest BCUT2D eigenvalue weighted by Gasteiger charge is -2.16. The number of hydrogen-bond donors (Lipinski definition) is 0. The number of hydrogen-bond acceptors (Lipinski definition) is 3. The highest BCUT2D eigenvalue weighted by Gasteiger charge is 2.15. The van der Waals surface area contributed by atoms with Crippen LogP contribution in [0.15, 0.2) is 60.7 Å². The van der Waals surface area contributed by atoms with Crippen LogP contribution in [0.5, 0.6) is 17.2 Å². The molecule has 3 nitrogen and oxygen atoms in total. The van der Waals surface area contributed by atoms with Crippen molar-refractivity contribution in [3.05, 3.63) is 66.2 Å². The van der Waals surface area contributed by atoms with Gasteiger partial charge in [-0.3, -0.25) is 0 Å². The molecule has 0 atom stereocenters. The van der Waals surface area contributed by atoms with Gasteiger partial charge in [-0.15, -0.1) is 0 Å². The van der Waals surface area contributed by atoms with Crippen LogP contribution >= 0.6 is 0 Å². The quantitative estimate of drug-likeness (QED) is 0.629. The number of ether oxygens (including phenoxy) is 3.